The van der Waals surface area contributed by atoms with Crippen molar-refractivity contribution in [3.63, 3.8) is 0 Å². The summed E-state index contributed by atoms with van der Waals surface area (Å²) < 4.78 is 4.59. The monoisotopic (exact) mass is 141 g/mol. The molecule has 1 amide bonds. The predicted octanol–water partition coefficient (Wildman–Crippen LogP) is -0.438. The molecule has 4 heteroatoms. The zero-order valence-corrected chi connectivity index (χ0v) is 5.46. The standard InChI is InChI=1S/C6H7NO3/c1-4(8)7-5-2-3-6(9)10-5/h2-3,5H,1H3,(H,7,8)/t5-/m0/s1. The molecule has 0 aromatic heterocycles. The van der Waals surface area contributed by atoms with E-state index in [2.05, 4.69) is 10.1 Å². The molecule has 10 heavy (non-hydrogen) atoms. The van der Waals surface area contributed by atoms with Gasteiger partial charge in [0.25, 0.3) is 0 Å². The molecule has 1 atom stereocenters. The molecule has 0 saturated heterocycles. The summed E-state index contributed by atoms with van der Waals surface area (Å²) in [6, 6.07) is 0. The normalized spacial score (nSPS) is 22.5. The summed E-state index contributed by atoms with van der Waals surface area (Å²) in [5.74, 6) is -0.636. The number of esters is 1. The van der Waals surface area contributed by atoms with Gasteiger partial charge < -0.3 is 10.1 Å². The van der Waals surface area contributed by atoms with Gasteiger partial charge in [-0.3, -0.25) is 4.79 Å². The van der Waals surface area contributed by atoms with E-state index in [4.69, 9.17) is 0 Å². The number of amides is 1. The lowest BCUT2D eigenvalue weighted by atomic mass is 10.5. The molecule has 0 bridgehead atoms. The minimum absolute atomic E-state index is 0.218. The molecule has 1 N–H and O–H groups in total. The summed E-state index contributed by atoms with van der Waals surface area (Å²) in [7, 11) is 0. The summed E-state index contributed by atoms with van der Waals surface area (Å²) in [5.41, 5.74) is 0. The molecule has 0 aliphatic carbocycles. The Morgan fingerprint density at radius 1 is 1.80 bits per heavy atom. The highest BCUT2D eigenvalue weighted by Crippen LogP contribution is 2.00. The lowest BCUT2D eigenvalue weighted by Gasteiger charge is -2.07. The van der Waals surface area contributed by atoms with Crippen LogP contribution in [0.25, 0.3) is 0 Å². The molecule has 1 aliphatic heterocycles. The lowest BCUT2D eigenvalue weighted by molar-refractivity contribution is -0.141. The second-order valence-electron chi connectivity index (χ2n) is 1.92. The quantitative estimate of drug-likeness (QED) is 0.504. The van der Waals surface area contributed by atoms with Gasteiger partial charge in [-0.2, -0.15) is 0 Å². The third-order valence-corrected chi connectivity index (χ3v) is 0.996. The van der Waals surface area contributed by atoms with Gasteiger partial charge in [-0.05, 0) is 6.08 Å². The first-order valence-corrected chi connectivity index (χ1v) is 2.84. The first-order valence-electron chi connectivity index (χ1n) is 2.84. The summed E-state index contributed by atoms with van der Waals surface area (Å²) in [6.07, 6.45) is 2.20. The lowest BCUT2D eigenvalue weighted by Crippen LogP contribution is -2.32. The minimum atomic E-state index is -0.565. The van der Waals surface area contributed by atoms with E-state index < -0.39 is 12.2 Å². The van der Waals surface area contributed by atoms with Gasteiger partial charge in [-0.25, -0.2) is 4.79 Å². The van der Waals surface area contributed by atoms with Crippen LogP contribution in [0.1, 0.15) is 6.92 Å². The Kier molecular flexibility index (Phi) is 1.71. The van der Waals surface area contributed by atoms with Gasteiger partial charge in [-0.15, -0.1) is 0 Å². The minimum Gasteiger partial charge on any atom is -0.435 e. The number of carbonyl (C=O) groups is 2. The number of hydrogen-bond donors (Lipinski definition) is 1. The first kappa shape index (κ1) is 6.80. The maximum atomic E-state index is 10.4. The van der Waals surface area contributed by atoms with E-state index in [1.165, 1.54) is 19.1 Å². The maximum absolute atomic E-state index is 10.4. The van der Waals surface area contributed by atoms with Gasteiger partial charge in [0.15, 0.2) is 6.23 Å². The van der Waals surface area contributed by atoms with Crippen LogP contribution in [0, 0.1) is 0 Å². The van der Waals surface area contributed by atoms with Crippen molar-refractivity contribution in [2.75, 3.05) is 0 Å². The summed E-state index contributed by atoms with van der Waals surface area (Å²) in [5, 5.41) is 2.40. The molecular formula is C6H7NO3. The molecule has 0 fully saturated rings. The van der Waals surface area contributed by atoms with Crippen molar-refractivity contribution >= 4 is 11.9 Å². The largest absolute Gasteiger partial charge is 0.435 e. The second-order valence-corrected chi connectivity index (χ2v) is 1.92. The summed E-state index contributed by atoms with van der Waals surface area (Å²) >= 11 is 0. The van der Waals surface area contributed by atoms with E-state index in [0.717, 1.165) is 0 Å². The number of rotatable bonds is 1. The Labute approximate surface area is 57.9 Å². The van der Waals surface area contributed by atoms with Crippen molar-refractivity contribution in [2.45, 2.75) is 13.2 Å². The second kappa shape index (κ2) is 2.51. The van der Waals surface area contributed by atoms with Gasteiger partial charge in [0, 0.05) is 13.0 Å². The third kappa shape index (κ3) is 1.58. The van der Waals surface area contributed by atoms with Gasteiger partial charge in [0.1, 0.15) is 0 Å². The summed E-state index contributed by atoms with van der Waals surface area (Å²) in [4.78, 5) is 20.7. The number of hydrogen-bond acceptors (Lipinski definition) is 3. The highest BCUT2D eigenvalue weighted by Gasteiger charge is 2.15. The highest BCUT2D eigenvalue weighted by atomic mass is 16.6. The number of cyclic esters (lactones) is 1. The van der Waals surface area contributed by atoms with E-state index in [1.807, 2.05) is 0 Å². The van der Waals surface area contributed by atoms with E-state index in [1.54, 1.807) is 0 Å². The molecule has 1 heterocycles. The van der Waals surface area contributed by atoms with Crippen molar-refractivity contribution in [3.8, 4) is 0 Å². The van der Waals surface area contributed by atoms with Crippen LogP contribution in [0.4, 0.5) is 0 Å². The third-order valence-electron chi connectivity index (χ3n) is 0.996. The van der Waals surface area contributed by atoms with E-state index in [9.17, 15) is 9.59 Å². The average molecular weight is 141 g/mol. The molecule has 0 saturated carbocycles. The number of ether oxygens (including phenoxy) is 1. The van der Waals surface area contributed by atoms with Crippen LogP contribution in [0.3, 0.4) is 0 Å². The zero-order chi connectivity index (χ0) is 7.56. The van der Waals surface area contributed by atoms with Crippen LogP contribution in [-0.2, 0) is 14.3 Å². The molecule has 54 valence electrons. The van der Waals surface area contributed by atoms with Crippen LogP contribution in [0.15, 0.2) is 12.2 Å². The van der Waals surface area contributed by atoms with Crippen LogP contribution >= 0.6 is 0 Å². The van der Waals surface area contributed by atoms with Crippen molar-refractivity contribution in [2.24, 2.45) is 0 Å². The van der Waals surface area contributed by atoms with Crippen molar-refractivity contribution in [1.29, 1.82) is 0 Å². The zero-order valence-electron chi connectivity index (χ0n) is 5.46. The Hall–Kier alpha value is -1.32. The number of nitrogens with one attached hydrogen (secondary N) is 1. The highest BCUT2D eigenvalue weighted by molar-refractivity contribution is 5.85. The molecule has 0 aromatic carbocycles. The SMILES string of the molecule is CC(=O)N[C@@H]1C=CC(=O)O1. The molecule has 4 nitrogen and oxygen atoms in total. The maximum Gasteiger partial charge on any atom is 0.332 e. The fourth-order valence-corrected chi connectivity index (χ4v) is 0.648. The van der Waals surface area contributed by atoms with Gasteiger partial charge in [0.05, 0.1) is 0 Å². The van der Waals surface area contributed by atoms with E-state index in [-0.39, 0.29) is 5.91 Å². The van der Waals surface area contributed by atoms with Crippen molar-refractivity contribution < 1.29 is 14.3 Å². The van der Waals surface area contributed by atoms with Gasteiger partial charge >= 0.3 is 5.97 Å². The Morgan fingerprint density at radius 2 is 2.50 bits per heavy atom. The van der Waals surface area contributed by atoms with Crippen LogP contribution in [-0.4, -0.2) is 18.1 Å². The molecule has 0 radical (unpaired) electrons. The Morgan fingerprint density at radius 3 is 2.90 bits per heavy atom. The predicted molar refractivity (Wildman–Crippen MR) is 32.8 cm³/mol. The fourth-order valence-electron chi connectivity index (χ4n) is 0.648. The molecule has 1 rings (SSSR count). The van der Waals surface area contributed by atoms with Crippen LogP contribution < -0.4 is 5.32 Å². The molecular weight excluding hydrogens is 134 g/mol. The van der Waals surface area contributed by atoms with Gasteiger partial charge in [0.2, 0.25) is 5.91 Å². The van der Waals surface area contributed by atoms with Crippen LogP contribution in [0.5, 0.6) is 0 Å². The molecule has 0 spiro atoms. The summed E-state index contributed by atoms with van der Waals surface area (Å²) in [6.45, 7) is 1.36. The van der Waals surface area contributed by atoms with E-state index in [0.29, 0.717) is 0 Å². The van der Waals surface area contributed by atoms with Gasteiger partial charge in [-0.1, -0.05) is 0 Å². The topological polar surface area (TPSA) is 55.4 Å². The molecule has 1 aliphatic rings. The van der Waals surface area contributed by atoms with Crippen LogP contribution in [0.2, 0.25) is 0 Å². The molecule has 0 unspecified atom stereocenters. The first-order chi connectivity index (χ1) is 4.68. The van der Waals surface area contributed by atoms with Crippen molar-refractivity contribution in [1.82, 2.24) is 5.32 Å². The smallest absolute Gasteiger partial charge is 0.332 e. The number of carbonyl (C=O) groups excluding carboxylic acids is 2. The average Bonchev–Trinajstić information content (AvgIpc) is 2.13. The Bertz CT molecular complexity index is 197. The van der Waals surface area contributed by atoms with E-state index >= 15 is 0 Å². The molecule has 0 aromatic rings. The van der Waals surface area contributed by atoms with Crippen molar-refractivity contribution in [3.05, 3.63) is 12.2 Å². The Balaban J connectivity index is 2.40. The fraction of sp³-hybridized carbons (Fsp3) is 0.333.